The molecular formula is C11H16N4OS. The molecule has 0 radical (unpaired) electrons. The van der Waals surface area contributed by atoms with Crippen LogP contribution < -0.4 is 5.73 Å². The summed E-state index contributed by atoms with van der Waals surface area (Å²) < 4.78 is 2.02. The fraction of sp³-hybridized carbons (Fsp3) is 0.545. The number of nitrogens with two attached hydrogens (primary N) is 1. The Bertz CT molecular complexity index is 425. The van der Waals surface area contributed by atoms with Gasteiger partial charge in [-0.05, 0) is 12.8 Å². The van der Waals surface area contributed by atoms with Gasteiger partial charge in [0, 0.05) is 24.6 Å². The summed E-state index contributed by atoms with van der Waals surface area (Å²) in [6.45, 7) is 4.26. The predicted octanol–water partition coefficient (Wildman–Crippen LogP) is 1.31. The number of rotatable bonds is 7. The zero-order valence-electron chi connectivity index (χ0n) is 9.63. The van der Waals surface area contributed by atoms with Crippen LogP contribution in [-0.2, 0) is 11.3 Å². The lowest BCUT2D eigenvalue weighted by Gasteiger charge is -2.07. The van der Waals surface area contributed by atoms with Crippen LogP contribution in [0, 0.1) is 0 Å². The van der Waals surface area contributed by atoms with Gasteiger partial charge in [-0.2, -0.15) is 0 Å². The number of hydrogen-bond donors (Lipinski definition) is 1. The smallest absolute Gasteiger partial charge is 0.219 e. The van der Waals surface area contributed by atoms with Crippen LogP contribution in [0.25, 0.3) is 0 Å². The third-order valence-corrected chi connectivity index (χ3v) is 3.56. The predicted molar refractivity (Wildman–Crippen MR) is 66.7 cm³/mol. The van der Waals surface area contributed by atoms with Crippen molar-refractivity contribution in [3.8, 4) is 0 Å². The van der Waals surface area contributed by atoms with E-state index in [1.54, 1.807) is 11.8 Å². The van der Waals surface area contributed by atoms with Gasteiger partial charge in [-0.15, -0.1) is 16.8 Å². The van der Waals surface area contributed by atoms with Gasteiger partial charge < -0.3 is 10.3 Å². The number of thioether (sulfide) groups is 1. The SMILES string of the molecule is C=CCSc1nnc(C2CC2)n1CCC(N)=O. The lowest BCUT2D eigenvalue weighted by Crippen LogP contribution is -2.15. The van der Waals surface area contributed by atoms with Crippen molar-refractivity contribution in [3.05, 3.63) is 18.5 Å². The van der Waals surface area contributed by atoms with Crippen LogP contribution in [0.4, 0.5) is 0 Å². The zero-order valence-corrected chi connectivity index (χ0v) is 10.4. The minimum Gasteiger partial charge on any atom is -0.370 e. The maximum Gasteiger partial charge on any atom is 0.219 e. The molecule has 1 aromatic heterocycles. The van der Waals surface area contributed by atoms with Crippen molar-refractivity contribution in [1.29, 1.82) is 0 Å². The van der Waals surface area contributed by atoms with E-state index in [1.165, 1.54) is 12.8 Å². The standard InChI is InChI=1S/C11H16N4OS/c1-2-7-17-11-14-13-10(8-3-4-8)15(11)6-5-9(12)16/h2,8H,1,3-7H2,(H2,12,16). The Labute approximate surface area is 104 Å². The number of carbonyl (C=O) groups is 1. The van der Waals surface area contributed by atoms with Gasteiger partial charge in [0.2, 0.25) is 5.91 Å². The molecule has 1 aliphatic rings. The van der Waals surface area contributed by atoms with Gasteiger partial charge >= 0.3 is 0 Å². The summed E-state index contributed by atoms with van der Waals surface area (Å²) in [6, 6.07) is 0. The molecule has 1 fully saturated rings. The van der Waals surface area contributed by atoms with Gasteiger partial charge in [0.15, 0.2) is 5.16 Å². The van der Waals surface area contributed by atoms with E-state index in [4.69, 9.17) is 5.73 Å². The van der Waals surface area contributed by atoms with Crippen LogP contribution in [0.15, 0.2) is 17.8 Å². The Morgan fingerprint density at radius 3 is 2.94 bits per heavy atom. The Balaban J connectivity index is 2.13. The number of nitrogens with zero attached hydrogens (tertiary/aromatic N) is 3. The minimum absolute atomic E-state index is 0.292. The normalized spacial score (nSPS) is 14.8. The van der Waals surface area contributed by atoms with E-state index in [1.807, 2.05) is 10.6 Å². The largest absolute Gasteiger partial charge is 0.370 e. The highest BCUT2D eigenvalue weighted by Gasteiger charge is 2.30. The van der Waals surface area contributed by atoms with Gasteiger partial charge in [0.25, 0.3) is 0 Å². The third-order valence-electron chi connectivity index (χ3n) is 2.60. The van der Waals surface area contributed by atoms with Gasteiger partial charge in [-0.25, -0.2) is 0 Å². The average molecular weight is 252 g/mol. The number of primary amides is 1. The molecule has 1 aliphatic carbocycles. The second-order valence-corrected chi connectivity index (χ2v) is 5.07. The first kappa shape index (κ1) is 12.2. The summed E-state index contributed by atoms with van der Waals surface area (Å²) in [5, 5.41) is 9.24. The van der Waals surface area contributed by atoms with E-state index in [-0.39, 0.29) is 5.91 Å². The fourth-order valence-electron chi connectivity index (χ4n) is 1.62. The lowest BCUT2D eigenvalue weighted by atomic mass is 10.3. The molecule has 2 rings (SSSR count). The van der Waals surface area contributed by atoms with Crippen molar-refractivity contribution in [1.82, 2.24) is 14.8 Å². The number of aromatic nitrogens is 3. The van der Waals surface area contributed by atoms with E-state index in [0.717, 1.165) is 16.7 Å². The van der Waals surface area contributed by atoms with Crippen LogP contribution in [0.3, 0.4) is 0 Å². The summed E-state index contributed by atoms with van der Waals surface area (Å²) in [6.07, 6.45) is 4.50. The van der Waals surface area contributed by atoms with Gasteiger partial charge in [0.1, 0.15) is 5.82 Å². The third kappa shape index (κ3) is 3.09. The van der Waals surface area contributed by atoms with E-state index >= 15 is 0 Å². The van der Waals surface area contributed by atoms with Crippen molar-refractivity contribution >= 4 is 17.7 Å². The molecule has 0 saturated heterocycles. The van der Waals surface area contributed by atoms with E-state index in [2.05, 4.69) is 16.8 Å². The molecule has 5 nitrogen and oxygen atoms in total. The van der Waals surface area contributed by atoms with Crippen molar-refractivity contribution < 1.29 is 4.79 Å². The first-order valence-corrected chi connectivity index (χ1v) is 6.66. The highest BCUT2D eigenvalue weighted by Crippen LogP contribution is 2.40. The lowest BCUT2D eigenvalue weighted by molar-refractivity contribution is -0.118. The minimum atomic E-state index is -0.292. The maximum absolute atomic E-state index is 10.9. The molecular weight excluding hydrogens is 236 g/mol. The molecule has 0 atom stereocenters. The van der Waals surface area contributed by atoms with Crippen LogP contribution in [0.1, 0.15) is 31.0 Å². The summed E-state index contributed by atoms with van der Waals surface area (Å²) in [5.41, 5.74) is 5.18. The topological polar surface area (TPSA) is 73.8 Å². The fourth-order valence-corrected chi connectivity index (χ4v) is 2.32. The number of hydrogen-bond acceptors (Lipinski definition) is 4. The molecule has 0 aliphatic heterocycles. The number of amides is 1. The Hall–Kier alpha value is -1.30. The molecule has 0 spiro atoms. The van der Waals surface area contributed by atoms with Crippen molar-refractivity contribution in [3.63, 3.8) is 0 Å². The second-order valence-electron chi connectivity index (χ2n) is 4.08. The second kappa shape index (κ2) is 5.35. The summed E-state index contributed by atoms with van der Waals surface area (Å²) >= 11 is 1.58. The Morgan fingerprint density at radius 1 is 1.59 bits per heavy atom. The van der Waals surface area contributed by atoms with E-state index < -0.39 is 0 Å². The molecule has 1 amide bonds. The molecule has 6 heteroatoms. The molecule has 0 unspecified atom stereocenters. The molecule has 2 N–H and O–H groups in total. The average Bonchev–Trinajstić information content (AvgIpc) is 3.06. The highest BCUT2D eigenvalue weighted by molar-refractivity contribution is 7.99. The first-order chi connectivity index (χ1) is 8.22. The molecule has 1 aromatic rings. The molecule has 92 valence electrons. The van der Waals surface area contributed by atoms with Crippen LogP contribution in [0.2, 0.25) is 0 Å². The zero-order chi connectivity index (χ0) is 12.3. The summed E-state index contributed by atoms with van der Waals surface area (Å²) in [7, 11) is 0. The molecule has 1 saturated carbocycles. The van der Waals surface area contributed by atoms with Gasteiger partial charge in [0.05, 0.1) is 0 Å². The van der Waals surface area contributed by atoms with Crippen molar-refractivity contribution in [2.24, 2.45) is 5.73 Å². The molecule has 0 bridgehead atoms. The van der Waals surface area contributed by atoms with E-state index in [0.29, 0.717) is 18.9 Å². The van der Waals surface area contributed by atoms with Crippen LogP contribution >= 0.6 is 11.8 Å². The van der Waals surface area contributed by atoms with Crippen molar-refractivity contribution in [2.75, 3.05) is 5.75 Å². The summed E-state index contributed by atoms with van der Waals surface area (Å²) in [5.74, 6) is 2.02. The van der Waals surface area contributed by atoms with Crippen LogP contribution in [-0.4, -0.2) is 26.4 Å². The molecule has 1 heterocycles. The Morgan fingerprint density at radius 2 is 2.35 bits per heavy atom. The first-order valence-electron chi connectivity index (χ1n) is 5.67. The van der Waals surface area contributed by atoms with Crippen molar-refractivity contribution in [2.45, 2.75) is 36.9 Å². The highest BCUT2D eigenvalue weighted by atomic mass is 32.2. The number of carbonyl (C=O) groups excluding carboxylic acids is 1. The summed E-state index contributed by atoms with van der Waals surface area (Å²) in [4.78, 5) is 10.9. The van der Waals surface area contributed by atoms with Gasteiger partial charge in [-0.3, -0.25) is 4.79 Å². The quantitative estimate of drug-likeness (QED) is 0.586. The molecule has 0 aromatic carbocycles. The van der Waals surface area contributed by atoms with E-state index in [9.17, 15) is 4.79 Å². The van der Waals surface area contributed by atoms with Gasteiger partial charge in [-0.1, -0.05) is 17.8 Å². The van der Waals surface area contributed by atoms with Crippen LogP contribution in [0.5, 0.6) is 0 Å². The monoisotopic (exact) mass is 252 g/mol. The maximum atomic E-state index is 10.9. The Kier molecular flexibility index (Phi) is 3.83. The molecule has 17 heavy (non-hydrogen) atoms.